The monoisotopic (exact) mass is 354 g/mol. The Morgan fingerprint density at radius 3 is 2.04 bits per heavy atom. The lowest BCUT2D eigenvalue weighted by atomic mass is 10.2. The Labute approximate surface area is 150 Å². The van der Waals surface area contributed by atoms with Crippen LogP contribution < -0.4 is 5.32 Å². The molecule has 2 aromatic rings. The molecule has 7 nitrogen and oxygen atoms in total. The van der Waals surface area contributed by atoms with E-state index < -0.39 is 24.1 Å². The second-order valence-electron chi connectivity index (χ2n) is 5.71. The predicted octanol–water partition coefficient (Wildman–Crippen LogP) is 2.46. The maximum absolute atomic E-state index is 12.3. The summed E-state index contributed by atoms with van der Waals surface area (Å²) >= 11 is 0. The van der Waals surface area contributed by atoms with Crippen molar-refractivity contribution in [3.05, 3.63) is 71.8 Å². The van der Waals surface area contributed by atoms with E-state index in [1.54, 1.807) is 12.1 Å². The molecule has 0 bridgehead atoms. The molecule has 1 N–H and O–H groups in total. The van der Waals surface area contributed by atoms with Crippen molar-refractivity contribution in [1.82, 2.24) is 10.2 Å². The number of carbonyl (C=O) groups excluding carboxylic acids is 3. The van der Waals surface area contributed by atoms with E-state index in [0.29, 0.717) is 0 Å². The molecule has 134 valence electrons. The topological polar surface area (TPSA) is 84.9 Å². The van der Waals surface area contributed by atoms with Gasteiger partial charge in [-0.2, -0.15) is 0 Å². The summed E-state index contributed by atoms with van der Waals surface area (Å²) in [5.74, 6) is -0.663. The number of benzene rings is 2. The number of imide groups is 1. The third kappa shape index (κ3) is 4.18. The molecule has 0 radical (unpaired) electrons. The standard InChI is InChI=1S/C19H18N2O5/c22-17(25-12-14-7-3-1-4-8-14)16-11-20-18(23)21(16)19(24)26-13-15-9-5-2-6-10-15/h1-10,16H,11-13H2,(H,20,23)/t16-/m1/s1. The maximum atomic E-state index is 12.3. The Balaban J connectivity index is 1.58. The van der Waals surface area contributed by atoms with Crippen LogP contribution in [0.5, 0.6) is 0 Å². The summed E-state index contributed by atoms with van der Waals surface area (Å²) in [6.45, 7) is 0.0688. The van der Waals surface area contributed by atoms with Gasteiger partial charge in [0.15, 0.2) is 6.04 Å². The minimum atomic E-state index is -1.05. The Bertz CT molecular complexity index is 779. The number of esters is 1. The molecule has 0 unspecified atom stereocenters. The molecule has 1 heterocycles. The highest BCUT2D eigenvalue weighted by atomic mass is 16.6. The first-order chi connectivity index (χ1) is 12.6. The van der Waals surface area contributed by atoms with E-state index in [1.807, 2.05) is 48.5 Å². The first-order valence-electron chi connectivity index (χ1n) is 8.13. The van der Waals surface area contributed by atoms with Crippen LogP contribution in [0.2, 0.25) is 0 Å². The van der Waals surface area contributed by atoms with E-state index in [9.17, 15) is 14.4 Å². The Morgan fingerprint density at radius 1 is 0.923 bits per heavy atom. The SMILES string of the molecule is O=C(OCc1ccccc1)[C@H]1CNC(=O)N1C(=O)OCc1ccccc1. The molecule has 0 aromatic heterocycles. The van der Waals surface area contributed by atoms with Crippen LogP contribution in [-0.2, 0) is 27.5 Å². The highest BCUT2D eigenvalue weighted by molar-refractivity contribution is 5.98. The van der Waals surface area contributed by atoms with Gasteiger partial charge in [0.2, 0.25) is 0 Å². The summed E-state index contributed by atoms with van der Waals surface area (Å²) in [6.07, 6.45) is -0.884. The van der Waals surface area contributed by atoms with Gasteiger partial charge in [-0.15, -0.1) is 0 Å². The summed E-state index contributed by atoms with van der Waals surface area (Å²) in [4.78, 5) is 37.2. The number of nitrogens with zero attached hydrogens (tertiary/aromatic N) is 1. The van der Waals surface area contributed by atoms with Crippen LogP contribution in [0.3, 0.4) is 0 Å². The molecule has 0 aliphatic carbocycles. The number of ether oxygens (including phenoxy) is 2. The number of hydrogen-bond acceptors (Lipinski definition) is 5. The van der Waals surface area contributed by atoms with Gasteiger partial charge < -0.3 is 14.8 Å². The van der Waals surface area contributed by atoms with Crippen LogP contribution in [0.4, 0.5) is 9.59 Å². The van der Waals surface area contributed by atoms with E-state index in [2.05, 4.69) is 5.32 Å². The van der Waals surface area contributed by atoms with E-state index in [4.69, 9.17) is 9.47 Å². The Kier molecular flexibility index (Phi) is 5.48. The van der Waals surface area contributed by atoms with Crippen LogP contribution in [-0.4, -0.2) is 35.6 Å². The summed E-state index contributed by atoms with van der Waals surface area (Å²) in [5.41, 5.74) is 1.60. The number of rotatable bonds is 5. The van der Waals surface area contributed by atoms with E-state index in [-0.39, 0.29) is 19.8 Å². The normalized spacial score (nSPS) is 16.1. The van der Waals surface area contributed by atoms with Crippen molar-refractivity contribution in [3.8, 4) is 0 Å². The van der Waals surface area contributed by atoms with Crippen LogP contribution in [0.15, 0.2) is 60.7 Å². The molecular weight excluding hydrogens is 336 g/mol. The van der Waals surface area contributed by atoms with Crippen LogP contribution in [0.25, 0.3) is 0 Å². The van der Waals surface area contributed by atoms with Crippen molar-refractivity contribution >= 4 is 18.1 Å². The summed E-state index contributed by atoms with van der Waals surface area (Å²) in [7, 11) is 0. The molecule has 1 aliphatic heterocycles. The molecule has 7 heteroatoms. The number of urea groups is 1. The van der Waals surface area contributed by atoms with Crippen LogP contribution in [0.1, 0.15) is 11.1 Å². The van der Waals surface area contributed by atoms with Gasteiger partial charge >= 0.3 is 18.1 Å². The van der Waals surface area contributed by atoms with E-state index >= 15 is 0 Å². The Hall–Kier alpha value is -3.35. The Morgan fingerprint density at radius 2 is 1.46 bits per heavy atom. The molecule has 1 saturated heterocycles. The van der Waals surface area contributed by atoms with Crippen molar-refractivity contribution in [2.75, 3.05) is 6.54 Å². The first kappa shape index (κ1) is 17.5. The molecule has 26 heavy (non-hydrogen) atoms. The fourth-order valence-corrected chi connectivity index (χ4v) is 2.51. The number of carbonyl (C=O) groups is 3. The lowest BCUT2D eigenvalue weighted by Crippen LogP contribution is -2.44. The van der Waals surface area contributed by atoms with Crippen molar-refractivity contribution < 1.29 is 23.9 Å². The fourth-order valence-electron chi connectivity index (χ4n) is 2.51. The van der Waals surface area contributed by atoms with Gasteiger partial charge in [0.05, 0.1) is 6.54 Å². The van der Waals surface area contributed by atoms with E-state index in [0.717, 1.165) is 16.0 Å². The molecule has 1 aliphatic rings. The van der Waals surface area contributed by atoms with Gasteiger partial charge in [-0.1, -0.05) is 60.7 Å². The highest BCUT2D eigenvalue weighted by Crippen LogP contribution is 2.13. The summed E-state index contributed by atoms with van der Waals surface area (Å²) in [6, 6.07) is 16.5. The van der Waals surface area contributed by atoms with Gasteiger partial charge in [0.1, 0.15) is 13.2 Å². The second-order valence-corrected chi connectivity index (χ2v) is 5.71. The molecule has 1 fully saturated rings. The van der Waals surface area contributed by atoms with Gasteiger partial charge in [-0.05, 0) is 11.1 Å². The molecular formula is C19H18N2O5. The van der Waals surface area contributed by atoms with Crippen LogP contribution >= 0.6 is 0 Å². The highest BCUT2D eigenvalue weighted by Gasteiger charge is 2.42. The number of hydrogen-bond donors (Lipinski definition) is 1. The van der Waals surface area contributed by atoms with Gasteiger partial charge in [0.25, 0.3) is 0 Å². The van der Waals surface area contributed by atoms with Gasteiger partial charge in [-0.3, -0.25) is 0 Å². The smallest absolute Gasteiger partial charge is 0.419 e. The zero-order valence-corrected chi connectivity index (χ0v) is 14.0. The third-order valence-electron chi connectivity index (χ3n) is 3.87. The number of nitrogens with one attached hydrogen (secondary N) is 1. The van der Waals surface area contributed by atoms with Crippen molar-refractivity contribution in [3.63, 3.8) is 0 Å². The summed E-state index contributed by atoms with van der Waals surface area (Å²) < 4.78 is 10.4. The fraction of sp³-hybridized carbons (Fsp3) is 0.211. The average Bonchev–Trinajstić information content (AvgIpc) is 3.07. The van der Waals surface area contributed by atoms with Crippen molar-refractivity contribution in [2.24, 2.45) is 0 Å². The molecule has 1 atom stereocenters. The largest absolute Gasteiger partial charge is 0.459 e. The quantitative estimate of drug-likeness (QED) is 0.834. The minimum absolute atomic E-state index is 0.00705. The first-order valence-corrected chi connectivity index (χ1v) is 8.13. The van der Waals surface area contributed by atoms with Gasteiger partial charge in [-0.25, -0.2) is 19.3 Å². The zero-order chi connectivity index (χ0) is 18.4. The van der Waals surface area contributed by atoms with Crippen molar-refractivity contribution in [1.29, 1.82) is 0 Å². The molecule has 3 rings (SSSR count). The average molecular weight is 354 g/mol. The maximum Gasteiger partial charge on any atom is 0.419 e. The number of amides is 3. The lowest BCUT2D eigenvalue weighted by molar-refractivity contribution is -0.148. The zero-order valence-electron chi connectivity index (χ0n) is 14.0. The summed E-state index contributed by atoms with van der Waals surface area (Å²) in [5, 5.41) is 2.46. The minimum Gasteiger partial charge on any atom is -0.459 e. The third-order valence-corrected chi connectivity index (χ3v) is 3.87. The predicted molar refractivity (Wildman–Crippen MR) is 91.9 cm³/mol. The lowest BCUT2D eigenvalue weighted by Gasteiger charge is -2.19. The molecule has 2 aromatic carbocycles. The van der Waals surface area contributed by atoms with Crippen LogP contribution in [0, 0.1) is 0 Å². The van der Waals surface area contributed by atoms with Crippen molar-refractivity contribution in [2.45, 2.75) is 19.3 Å². The molecule has 0 spiro atoms. The molecule has 3 amide bonds. The van der Waals surface area contributed by atoms with E-state index in [1.165, 1.54) is 0 Å². The molecule has 0 saturated carbocycles. The van der Waals surface area contributed by atoms with Gasteiger partial charge in [0, 0.05) is 0 Å². The second kappa shape index (κ2) is 8.15.